The smallest absolute Gasteiger partial charge is 0.131 e. The molecule has 0 saturated heterocycles. The summed E-state index contributed by atoms with van der Waals surface area (Å²) in [7, 11) is 0. The van der Waals surface area contributed by atoms with Crippen LogP contribution in [0.3, 0.4) is 0 Å². The highest BCUT2D eigenvalue weighted by Gasteiger charge is 2.13. The summed E-state index contributed by atoms with van der Waals surface area (Å²) in [5, 5.41) is 7.65. The van der Waals surface area contributed by atoms with Crippen LogP contribution in [0.15, 0.2) is 30.6 Å². The van der Waals surface area contributed by atoms with E-state index >= 15 is 0 Å². The number of nitrogens with zero attached hydrogens (tertiary/aromatic N) is 2. The summed E-state index contributed by atoms with van der Waals surface area (Å²) < 4.78 is 28.9. The van der Waals surface area contributed by atoms with Crippen LogP contribution < -0.4 is 5.32 Å². The number of benzene rings is 1. The Morgan fingerprint density at radius 1 is 1.24 bits per heavy atom. The Hall–Kier alpha value is -1.75. The van der Waals surface area contributed by atoms with Crippen LogP contribution in [0.4, 0.5) is 8.78 Å². The Balaban J connectivity index is 2.12. The first kappa shape index (κ1) is 15.6. The second-order valence-electron chi connectivity index (χ2n) is 5.09. The quantitative estimate of drug-likeness (QED) is 0.844. The van der Waals surface area contributed by atoms with Crippen LogP contribution in [0.2, 0.25) is 0 Å². The van der Waals surface area contributed by atoms with Gasteiger partial charge in [-0.3, -0.25) is 4.68 Å². The first-order valence-electron chi connectivity index (χ1n) is 7.34. The Kier molecular flexibility index (Phi) is 5.44. The molecule has 1 unspecified atom stereocenters. The van der Waals surface area contributed by atoms with Crippen molar-refractivity contribution in [2.24, 2.45) is 0 Å². The zero-order chi connectivity index (χ0) is 15.2. The van der Waals surface area contributed by atoms with Crippen molar-refractivity contribution in [2.45, 2.75) is 39.3 Å². The van der Waals surface area contributed by atoms with Crippen LogP contribution in [0.5, 0.6) is 0 Å². The van der Waals surface area contributed by atoms with E-state index in [1.807, 2.05) is 6.20 Å². The maximum atomic E-state index is 13.6. The molecule has 0 bridgehead atoms. The number of halogens is 2. The minimum Gasteiger partial charge on any atom is -0.310 e. The third-order valence-corrected chi connectivity index (χ3v) is 3.49. The van der Waals surface area contributed by atoms with Gasteiger partial charge in [0.2, 0.25) is 0 Å². The summed E-state index contributed by atoms with van der Waals surface area (Å²) in [5.74, 6) is -1.08. The number of hydrogen-bond donors (Lipinski definition) is 1. The van der Waals surface area contributed by atoms with Gasteiger partial charge in [-0.2, -0.15) is 5.10 Å². The third kappa shape index (κ3) is 3.88. The summed E-state index contributed by atoms with van der Waals surface area (Å²) in [6.45, 7) is 5.25. The second kappa shape index (κ2) is 7.31. The zero-order valence-electron chi connectivity index (χ0n) is 12.4. The van der Waals surface area contributed by atoms with E-state index in [9.17, 15) is 8.78 Å². The fourth-order valence-electron chi connectivity index (χ4n) is 2.31. The molecule has 21 heavy (non-hydrogen) atoms. The molecule has 0 radical (unpaired) electrons. The zero-order valence-corrected chi connectivity index (χ0v) is 12.4. The highest BCUT2D eigenvalue weighted by atomic mass is 19.1. The third-order valence-electron chi connectivity index (χ3n) is 3.49. The van der Waals surface area contributed by atoms with Gasteiger partial charge in [0.05, 0.1) is 12.7 Å². The summed E-state index contributed by atoms with van der Waals surface area (Å²) in [5.41, 5.74) is 1.09. The minimum absolute atomic E-state index is 0.0433. The van der Waals surface area contributed by atoms with E-state index in [1.165, 1.54) is 18.2 Å². The molecule has 1 N–H and O–H groups in total. The minimum atomic E-state index is -0.539. The molecule has 0 aliphatic carbocycles. The largest absolute Gasteiger partial charge is 0.310 e. The first-order chi connectivity index (χ1) is 10.2. The molecule has 0 aliphatic rings. The van der Waals surface area contributed by atoms with Crippen LogP contribution in [0.25, 0.3) is 0 Å². The first-order valence-corrected chi connectivity index (χ1v) is 7.34. The van der Waals surface area contributed by atoms with Gasteiger partial charge >= 0.3 is 0 Å². The highest BCUT2D eigenvalue weighted by molar-refractivity contribution is 5.20. The molecule has 0 fully saturated rings. The average molecular weight is 293 g/mol. The average Bonchev–Trinajstić information content (AvgIpc) is 2.92. The molecule has 1 aromatic carbocycles. The van der Waals surface area contributed by atoms with Gasteiger partial charge in [0.15, 0.2) is 0 Å². The number of hydrogen-bond acceptors (Lipinski definition) is 2. The number of rotatable bonds is 7. The fourth-order valence-corrected chi connectivity index (χ4v) is 2.31. The number of aromatic nitrogens is 2. The molecule has 114 valence electrons. The molecule has 5 heteroatoms. The van der Waals surface area contributed by atoms with Crippen molar-refractivity contribution in [3.05, 3.63) is 53.4 Å². The van der Waals surface area contributed by atoms with Crippen molar-refractivity contribution in [3.63, 3.8) is 0 Å². The van der Waals surface area contributed by atoms with E-state index in [2.05, 4.69) is 24.3 Å². The Bertz CT molecular complexity index is 560. The summed E-state index contributed by atoms with van der Waals surface area (Å²) in [6, 6.07) is 4.12. The van der Waals surface area contributed by atoms with Gasteiger partial charge < -0.3 is 5.32 Å². The topological polar surface area (TPSA) is 29.9 Å². The molecule has 0 aliphatic heterocycles. The summed E-state index contributed by atoms with van der Waals surface area (Å²) in [6.07, 6.45) is 5.61. The highest BCUT2D eigenvalue weighted by Crippen LogP contribution is 2.18. The van der Waals surface area contributed by atoms with Gasteiger partial charge in [-0.25, -0.2) is 8.78 Å². The predicted octanol–water partition coefficient (Wildman–Crippen LogP) is 3.66. The van der Waals surface area contributed by atoms with Crippen LogP contribution >= 0.6 is 0 Å². The summed E-state index contributed by atoms with van der Waals surface area (Å²) in [4.78, 5) is 0. The molecular formula is C16H21F2N3. The van der Waals surface area contributed by atoms with Crippen molar-refractivity contribution in [1.82, 2.24) is 15.1 Å². The lowest BCUT2D eigenvalue weighted by atomic mass is 10.1. The van der Waals surface area contributed by atoms with Crippen molar-refractivity contribution in [3.8, 4) is 0 Å². The Labute approximate surface area is 124 Å². The number of nitrogens with one attached hydrogen (secondary N) is 1. The van der Waals surface area contributed by atoms with E-state index in [0.29, 0.717) is 0 Å². The van der Waals surface area contributed by atoms with E-state index in [1.54, 1.807) is 10.9 Å². The molecule has 2 rings (SSSR count). The predicted molar refractivity (Wildman–Crippen MR) is 79.0 cm³/mol. The molecule has 3 nitrogen and oxygen atoms in total. The van der Waals surface area contributed by atoms with Crippen molar-refractivity contribution < 1.29 is 8.78 Å². The lowest BCUT2D eigenvalue weighted by Crippen LogP contribution is -2.21. The molecule has 0 spiro atoms. The van der Waals surface area contributed by atoms with Crippen LogP contribution in [0.1, 0.15) is 43.9 Å². The van der Waals surface area contributed by atoms with Gasteiger partial charge in [-0.1, -0.05) is 19.9 Å². The maximum absolute atomic E-state index is 13.6. The monoisotopic (exact) mass is 293 g/mol. The van der Waals surface area contributed by atoms with E-state index < -0.39 is 11.6 Å². The molecule has 1 aromatic heterocycles. The summed E-state index contributed by atoms with van der Waals surface area (Å²) >= 11 is 0. The van der Waals surface area contributed by atoms with E-state index in [0.717, 1.165) is 24.9 Å². The van der Waals surface area contributed by atoms with E-state index in [-0.39, 0.29) is 18.2 Å². The van der Waals surface area contributed by atoms with Gasteiger partial charge in [-0.15, -0.1) is 0 Å². The second-order valence-corrected chi connectivity index (χ2v) is 5.09. The van der Waals surface area contributed by atoms with Crippen molar-refractivity contribution >= 4 is 0 Å². The maximum Gasteiger partial charge on any atom is 0.131 e. The van der Waals surface area contributed by atoms with Crippen LogP contribution in [-0.2, 0) is 6.54 Å². The molecule has 2 aromatic rings. The lowest BCUT2D eigenvalue weighted by molar-refractivity contribution is 0.516. The van der Waals surface area contributed by atoms with Crippen LogP contribution in [0, 0.1) is 11.6 Å². The Morgan fingerprint density at radius 3 is 2.57 bits per heavy atom. The lowest BCUT2D eigenvalue weighted by Gasteiger charge is -2.14. The Morgan fingerprint density at radius 2 is 1.95 bits per heavy atom. The standard InChI is InChI=1S/C16H21F2N3/c1-3-8-19-16(4-2)12-9-20-21(10-12)11-13-14(17)6-5-7-15(13)18/h5-7,9-10,16,19H,3-4,8,11H2,1-2H3. The van der Waals surface area contributed by atoms with Crippen molar-refractivity contribution in [1.29, 1.82) is 0 Å². The van der Waals surface area contributed by atoms with E-state index in [4.69, 9.17) is 0 Å². The van der Waals surface area contributed by atoms with Crippen LogP contribution in [-0.4, -0.2) is 16.3 Å². The molecule has 0 amide bonds. The van der Waals surface area contributed by atoms with Gasteiger partial charge in [0, 0.05) is 23.4 Å². The SMILES string of the molecule is CCCNC(CC)c1cnn(Cc2c(F)cccc2F)c1. The molecule has 0 saturated carbocycles. The molecular weight excluding hydrogens is 272 g/mol. The normalized spacial score (nSPS) is 12.6. The molecule has 1 heterocycles. The van der Waals surface area contributed by atoms with Gasteiger partial charge in [0.25, 0.3) is 0 Å². The van der Waals surface area contributed by atoms with Gasteiger partial charge in [-0.05, 0) is 31.5 Å². The van der Waals surface area contributed by atoms with Gasteiger partial charge in [0.1, 0.15) is 11.6 Å². The fraction of sp³-hybridized carbons (Fsp3) is 0.438. The molecule has 1 atom stereocenters. The van der Waals surface area contributed by atoms with Crippen molar-refractivity contribution in [2.75, 3.05) is 6.54 Å².